The minimum atomic E-state index is -0.282. The first-order chi connectivity index (χ1) is 8.36. The van der Waals surface area contributed by atoms with Crippen LogP contribution in [0, 0.1) is 6.07 Å². The monoisotopic (exact) mass is 225 g/mol. The Hall–Kier alpha value is -2.09. The molecule has 2 nitrogen and oxygen atoms in total. The van der Waals surface area contributed by atoms with E-state index in [9.17, 15) is 4.79 Å². The number of carbonyl (C=O) groups excluding carboxylic acids is 1. The molecule has 2 heteroatoms. The average Bonchev–Trinajstić information content (AvgIpc) is 2.41. The molecule has 0 atom stereocenters. The average molecular weight is 225 g/mol. The predicted octanol–water partition coefficient (Wildman–Crippen LogP) is 2.89. The Bertz CT molecular complexity index is 463. The molecule has 0 amide bonds. The molecule has 0 N–H and O–H groups in total. The van der Waals surface area contributed by atoms with Crippen LogP contribution < -0.4 is 0 Å². The Kier molecular flexibility index (Phi) is 3.92. The van der Waals surface area contributed by atoms with Crippen molar-refractivity contribution in [3.63, 3.8) is 0 Å². The fraction of sp³-hybridized carbons (Fsp3) is 0.133. The molecule has 2 rings (SSSR count). The Morgan fingerprint density at radius 2 is 1.76 bits per heavy atom. The van der Waals surface area contributed by atoms with Crippen LogP contribution in [0.5, 0.6) is 0 Å². The number of carbonyl (C=O) groups is 1. The fourth-order valence-corrected chi connectivity index (χ4v) is 1.51. The van der Waals surface area contributed by atoms with E-state index in [0.717, 1.165) is 6.42 Å². The summed E-state index contributed by atoms with van der Waals surface area (Å²) in [6.45, 7) is 0.404. The van der Waals surface area contributed by atoms with Crippen LogP contribution in [0.15, 0.2) is 54.6 Å². The van der Waals surface area contributed by atoms with Crippen molar-refractivity contribution in [2.45, 2.75) is 6.42 Å². The third kappa shape index (κ3) is 3.45. The van der Waals surface area contributed by atoms with E-state index >= 15 is 0 Å². The molecule has 2 aromatic carbocycles. The van der Waals surface area contributed by atoms with Crippen molar-refractivity contribution in [1.29, 1.82) is 0 Å². The first-order valence-corrected chi connectivity index (χ1v) is 5.53. The molecule has 0 saturated heterocycles. The van der Waals surface area contributed by atoms with Crippen molar-refractivity contribution in [2.24, 2.45) is 0 Å². The van der Waals surface area contributed by atoms with Gasteiger partial charge < -0.3 is 4.74 Å². The number of rotatable bonds is 4. The van der Waals surface area contributed by atoms with Crippen LogP contribution in [0.1, 0.15) is 15.9 Å². The lowest BCUT2D eigenvalue weighted by Gasteiger charge is -2.04. The molecule has 0 heterocycles. The Morgan fingerprint density at radius 3 is 2.47 bits per heavy atom. The van der Waals surface area contributed by atoms with Crippen molar-refractivity contribution in [2.75, 3.05) is 6.61 Å². The zero-order chi connectivity index (χ0) is 11.9. The van der Waals surface area contributed by atoms with Gasteiger partial charge in [-0.2, -0.15) is 0 Å². The summed E-state index contributed by atoms with van der Waals surface area (Å²) in [6, 6.07) is 19.6. The van der Waals surface area contributed by atoms with Crippen molar-refractivity contribution in [1.82, 2.24) is 0 Å². The number of esters is 1. The number of hydrogen-bond acceptors (Lipinski definition) is 2. The van der Waals surface area contributed by atoms with Crippen molar-refractivity contribution in [3.8, 4) is 0 Å². The minimum absolute atomic E-state index is 0.282. The van der Waals surface area contributed by atoms with Crippen LogP contribution in [0.3, 0.4) is 0 Å². The zero-order valence-electron chi connectivity index (χ0n) is 9.43. The van der Waals surface area contributed by atoms with E-state index in [0.29, 0.717) is 12.2 Å². The topological polar surface area (TPSA) is 26.3 Å². The van der Waals surface area contributed by atoms with E-state index in [1.807, 2.05) is 30.3 Å². The van der Waals surface area contributed by atoms with Gasteiger partial charge in [0, 0.05) is 6.42 Å². The van der Waals surface area contributed by atoms with Gasteiger partial charge in [0.15, 0.2) is 0 Å². The SMILES string of the molecule is O=C(OCCc1ccccc1)c1cc[c]cc1. The van der Waals surface area contributed by atoms with E-state index in [2.05, 4.69) is 6.07 Å². The molecule has 0 aliphatic carbocycles. The molecular weight excluding hydrogens is 212 g/mol. The summed E-state index contributed by atoms with van der Waals surface area (Å²) in [4.78, 5) is 11.6. The van der Waals surface area contributed by atoms with Gasteiger partial charge in [0.1, 0.15) is 0 Å². The van der Waals surface area contributed by atoms with Gasteiger partial charge in [-0.05, 0) is 23.8 Å². The molecule has 1 radical (unpaired) electrons. The number of benzene rings is 2. The quantitative estimate of drug-likeness (QED) is 0.748. The summed E-state index contributed by atoms with van der Waals surface area (Å²) in [5, 5.41) is 0. The number of ether oxygens (including phenoxy) is 1. The normalized spacial score (nSPS) is 9.88. The largest absolute Gasteiger partial charge is 0.462 e. The number of hydrogen-bond donors (Lipinski definition) is 0. The van der Waals surface area contributed by atoms with Gasteiger partial charge in [-0.15, -0.1) is 0 Å². The third-order valence-corrected chi connectivity index (χ3v) is 2.42. The van der Waals surface area contributed by atoms with E-state index in [-0.39, 0.29) is 5.97 Å². The molecule has 0 unspecified atom stereocenters. The molecule has 0 bridgehead atoms. The highest BCUT2D eigenvalue weighted by Crippen LogP contribution is 2.03. The highest BCUT2D eigenvalue weighted by atomic mass is 16.5. The van der Waals surface area contributed by atoms with Crippen LogP contribution >= 0.6 is 0 Å². The highest BCUT2D eigenvalue weighted by molar-refractivity contribution is 5.89. The van der Waals surface area contributed by atoms with E-state index < -0.39 is 0 Å². The third-order valence-electron chi connectivity index (χ3n) is 2.42. The highest BCUT2D eigenvalue weighted by Gasteiger charge is 2.05. The van der Waals surface area contributed by atoms with Gasteiger partial charge in [-0.1, -0.05) is 42.5 Å². The van der Waals surface area contributed by atoms with Crippen LogP contribution in [-0.4, -0.2) is 12.6 Å². The molecule has 0 aliphatic rings. The molecule has 17 heavy (non-hydrogen) atoms. The van der Waals surface area contributed by atoms with E-state index in [1.54, 1.807) is 24.3 Å². The van der Waals surface area contributed by atoms with Gasteiger partial charge >= 0.3 is 5.97 Å². The van der Waals surface area contributed by atoms with E-state index in [4.69, 9.17) is 4.74 Å². The summed E-state index contributed by atoms with van der Waals surface area (Å²) >= 11 is 0. The lowest BCUT2D eigenvalue weighted by atomic mass is 10.2. The fourth-order valence-electron chi connectivity index (χ4n) is 1.51. The van der Waals surface area contributed by atoms with Gasteiger partial charge in [0.25, 0.3) is 0 Å². The van der Waals surface area contributed by atoms with Crippen LogP contribution in [-0.2, 0) is 11.2 Å². The summed E-state index contributed by atoms with van der Waals surface area (Å²) < 4.78 is 5.18. The maximum absolute atomic E-state index is 11.6. The summed E-state index contributed by atoms with van der Waals surface area (Å²) in [7, 11) is 0. The van der Waals surface area contributed by atoms with Crippen molar-refractivity contribution in [3.05, 3.63) is 71.8 Å². The van der Waals surface area contributed by atoms with Gasteiger partial charge in [-0.25, -0.2) is 4.79 Å². The Labute approximate surface area is 101 Å². The summed E-state index contributed by atoms with van der Waals surface area (Å²) in [5.41, 5.74) is 1.73. The Balaban J connectivity index is 1.82. The molecule has 85 valence electrons. The summed E-state index contributed by atoms with van der Waals surface area (Å²) in [6.07, 6.45) is 0.742. The minimum Gasteiger partial charge on any atom is -0.462 e. The molecule has 0 aromatic heterocycles. The van der Waals surface area contributed by atoms with Gasteiger partial charge in [0.2, 0.25) is 0 Å². The second-order valence-electron chi connectivity index (χ2n) is 3.66. The second-order valence-corrected chi connectivity index (χ2v) is 3.66. The molecule has 0 aliphatic heterocycles. The van der Waals surface area contributed by atoms with Gasteiger partial charge in [-0.3, -0.25) is 0 Å². The molecule has 0 saturated carbocycles. The zero-order valence-corrected chi connectivity index (χ0v) is 9.43. The maximum Gasteiger partial charge on any atom is 0.338 e. The predicted molar refractivity (Wildman–Crippen MR) is 65.7 cm³/mol. The molecule has 2 aromatic rings. The van der Waals surface area contributed by atoms with Crippen molar-refractivity contribution >= 4 is 5.97 Å². The van der Waals surface area contributed by atoms with Crippen LogP contribution in [0.25, 0.3) is 0 Å². The first-order valence-electron chi connectivity index (χ1n) is 5.53. The van der Waals surface area contributed by atoms with Crippen molar-refractivity contribution < 1.29 is 9.53 Å². The van der Waals surface area contributed by atoms with Crippen LogP contribution in [0.2, 0.25) is 0 Å². The standard InChI is InChI=1S/C15H13O2/c16-15(14-9-5-2-6-10-14)17-12-11-13-7-3-1-4-8-13/h1,3-10H,11-12H2. The molecule has 0 spiro atoms. The second kappa shape index (κ2) is 5.85. The summed E-state index contributed by atoms with van der Waals surface area (Å²) in [5.74, 6) is -0.282. The smallest absolute Gasteiger partial charge is 0.338 e. The first kappa shape index (κ1) is 11.4. The van der Waals surface area contributed by atoms with E-state index in [1.165, 1.54) is 5.56 Å². The lowest BCUT2D eigenvalue weighted by molar-refractivity contribution is 0.0509. The molecular formula is C15H13O2. The Morgan fingerprint density at radius 1 is 1.06 bits per heavy atom. The van der Waals surface area contributed by atoms with Crippen LogP contribution in [0.4, 0.5) is 0 Å². The maximum atomic E-state index is 11.6. The lowest BCUT2D eigenvalue weighted by Crippen LogP contribution is -2.07. The van der Waals surface area contributed by atoms with Gasteiger partial charge in [0.05, 0.1) is 12.2 Å². The molecule has 0 fully saturated rings.